The zero-order chi connectivity index (χ0) is 32.0. The summed E-state index contributed by atoms with van der Waals surface area (Å²) in [7, 11) is 0. The number of nitrogens with zero attached hydrogens (tertiary/aromatic N) is 4. The quantitative estimate of drug-likeness (QED) is 0.186. The lowest BCUT2D eigenvalue weighted by Crippen LogP contribution is -2.38. The lowest BCUT2D eigenvalue weighted by atomic mass is 9.66. The predicted octanol–water partition coefficient (Wildman–Crippen LogP) is 10.6. The zero-order valence-electron chi connectivity index (χ0n) is 27.7. The fourth-order valence-corrected chi connectivity index (χ4v) is 9.23. The average Bonchev–Trinajstić information content (AvgIpc) is 3.52. The van der Waals surface area contributed by atoms with Gasteiger partial charge in [0.25, 0.3) is 0 Å². The Morgan fingerprint density at radius 3 is 1.77 bits per heavy atom. The molecule has 1 aliphatic carbocycles. The zero-order valence-corrected chi connectivity index (χ0v) is 27.7. The van der Waals surface area contributed by atoms with Gasteiger partial charge < -0.3 is 9.47 Å². The third-order valence-corrected chi connectivity index (χ3v) is 11.7. The summed E-state index contributed by atoms with van der Waals surface area (Å²) in [6.45, 7) is 14.2. The Labute approximate surface area is 275 Å². The smallest absolute Gasteiger partial charge is 0.0686 e. The number of para-hydroxylation sites is 1. The van der Waals surface area contributed by atoms with Gasteiger partial charge in [-0.05, 0) is 87.0 Å². The van der Waals surface area contributed by atoms with Gasteiger partial charge in [-0.3, -0.25) is 9.97 Å². The number of hydrogen-bond acceptors (Lipinski definition) is 3. The summed E-state index contributed by atoms with van der Waals surface area (Å²) in [6, 6.07) is 32.1. The molecule has 0 saturated heterocycles. The van der Waals surface area contributed by atoms with Crippen molar-refractivity contribution in [3.05, 3.63) is 143 Å². The number of pyridine rings is 2. The van der Waals surface area contributed by atoms with Gasteiger partial charge in [0.15, 0.2) is 0 Å². The third-order valence-electron chi connectivity index (χ3n) is 11.7. The van der Waals surface area contributed by atoms with Gasteiger partial charge in [0.05, 0.1) is 40.5 Å². The van der Waals surface area contributed by atoms with Crippen LogP contribution in [0.15, 0.2) is 110 Å². The first-order valence-electron chi connectivity index (χ1n) is 16.7. The molecule has 0 amide bonds. The second-order valence-electron chi connectivity index (χ2n) is 15.2. The first kappa shape index (κ1) is 26.9. The van der Waals surface area contributed by atoms with Crippen molar-refractivity contribution in [1.29, 1.82) is 0 Å². The summed E-state index contributed by atoms with van der Waals surface area (Å²) >= 11 is 0. The molecule has 0 atom stereocenters. The highest BCUT2D eigenvalue weighted by Crippen LogP contribution is 2.60. The van der Waals surface area contributed by atoms with Crippen molar-refractivity contribution in [3.8, 4) is 16.8 Å². The van der Waals surface area contributed by atoms with Crippen LogP contribution in [0, 0.1) is 0 Å². The van der Waals surface area contributed by atoms with E-state index in [1.54, 1.807) is 0 Å². The Hall–Kier alpha value is -5.22. The molecule has 0 bridgehead atoms. The van der Waals surface area contributed by atoms with Gasteiger partial charge in [-0.25, -0.2) is 0 Å². The SMILES string of the molecule is CC1(C)c2ccccc2-c2cc3c(cc21)c1ccccc1n3-c1cc2c3c(c1)C(C)(C)c1ccncc1N3c1cnccc1C2(C)C. The maximum Gasteiger partial charge on any atom is 0.0686 e. The van der Waals surface area contributed by atoms with E-state index in [-0.39, 0.29) is 16.2 Å². The van der Waals surface area contributed by atoms with E-state index in [1.165, 1.54) is 77.7 Å². The third kappa shape index (κ3) is 3.18. The van der Waals surface area contributed by atoms with E-state index in [2.05, 4.69) is 146 Å². The lowest BCUT2D eigenvalue weighted by Gasteiger charge is -2.49. The van der Waals surface area contributed by atoms with Crippen molar-refractivity contribution < 1.29 is 0 Å². The van der Waals surface area contributed by atoms with Crippen molar-refractivity contribution in [1.82, 2.24) is 14.5 Å². The van der Waals surface area contributed by atoms with Crippen molar-refractivity contribution in [2.24, 2.45) is 0 Å². The molecule has 3 aromatic heterocycles. The van der Waals surface area contributed by atoms with Gasteiger partial charge >= 0.3 is 0 Å². The van der Waals surface area contributed by atoms with Crippen LogP contribution in [0.5, 0.6) is 0 Å². The minimum absolute atomic E-state index is 0.0543. The molecular formula is C43H36N4. The maximum atomic E-state index is 4.61. The molecule has 4 aromatic carbocycles. The molecule has 10 rings (SSSR count). The monoisotopic (exact) mass is 608 g/mol. The Balaban J connectivity index is 1.33. The van der Waals surface area contributed by atoms with Crippen molar-refractivity contribution in [2.75, 3.05) is 4.90 Å². The minimum Gasteiger partial charge on any atom is -0.309 e. The molecule has 0 spiro atoms. The van der Waals surface area contributed by atoms with Gasteiger partial charge in [-0.1, -0.05) is 84.0 Å². The number of benzene rings is 4. The van der Waals surface area contributed by atoms with Crippen LogP contribution in [0.3, 0.4) is 0 Å². The fraction of sp³-hybridized carbons (Fsp3) is 0.209. The van der Waals surface area contributed by atoms with Gasteiger partial charge in [-0.2, -0.15) is 0 Å². The number of anilines is 3. The van der Waals surface area contributed by atoms with Crippen LogP contribution in [0.25, 0.3) is 38.6 Å². The minimum atomic E-state index is -0.242. The van der Waals surface area contributed by atoms with Crippen LogP contribution < -0.4 is 4.90 Å². The molecule has 0 radical (unpaired) electrons. The lowest BCUT2D eigenvalue weighted by molar-refractivity contribution is 0.595. The molecule has 4 nitrogen and oxygen atoms in total. The highest BCUT2D eigenvalue weighted by Gasteiger charge is 2.46. The molecule has 0 saturated carbocycles. The Morgan fingerprint density at radius 1 is 0.489 bits per heavy atom. The normalized spacial score (nSPS) is 17.2. The van der Waals surface area contributed by atoms with E-state index < -0.39 is 0 Å². The molecule has 2 aliphatic heterocycles. The maximum absolute atomic E-state index is 4.61. The summed E-state index contributed by atoms with van der Waals surface area (Å²) in [6.07, 6.45) is 7.92. The largest absolute Gasteiger partial charge is 0.309 e. The van der Waals surface area contributed by atoms with Gasteiger partial charge in [0.1, 0.15) is 0 Å². The highest BCUT2D eigenvalue weighted by molar-refractivity contribution is 6.11. The van der Waals surface area contributed by atoms with Crippen molar-refractivity contribution in [3.63, 3.8) is 0 Å². The molecule has 7 aromatic rings. The fourth-order valence-electron chi connectivity index (χ4n) is 9.23. The second-order valence-corrected chi connectivity index (χ2v) is 15.2. The van der Waals surface area contributed by atoms with Crippen LogP contribution in [-0.4, -0.2) is 14.5 Å². The predicted molar refractivity (Wildman–Crippen MR) is 193 cm³/mol. The van der Waals surface area contributed by atoms with E-state index in [0.29, 0.717) is 0 Å². The van der Waals surface area contributed by atoms with E-state index in [1.807, 2.05) is 24.8 Å². The van der Waals surface area contributed by atoms with Crippen LogP contribution >= 0.6 is 0 Å². The van der Waals surface area contributed by atoms with Crippen LogP contribution in [0.4, 0.5) is 17.1 Å². The molecule has 0 fully saturated rings. The molecule has 3 aliphatic rings. The number of hydrogen-bond donors (Lipinski definition) is 0. The average molecular weight is 609 g/mol. The van der Waals surface area contributed by atoms with Gasteiger partial charge in [0.2, 0.25) is 0 Å². The molecule has 5 heterocycles. The van der Waals surface area contributed by atoms with Crippen LogP contribution in [0.1, 0.15) is 74.9 Å². The van der Waals surface area contributed by atoms with E-state index in [4.69, 9.17) is 0 Å². The molecule has 4 heteroatoms. The molecule has 228 valence electrons. The van der Waals surface area contributed by atoms with E-state index in [9.17, 15) is 0 Å². The molecule has 0 unspecified atom stereocenters. The summed E-state index contributed by atoms with van der Waals surface area (Å²) in [5.41, 5.74) is 17.4. The number of fused-ring (bicyclic) bond motifs is 10. The second kappa shape index (κ2) is 8.57. The van der Waals surface area contributed by atoms with Crippen molar-refractivity contribution in [2.45, 2.75) is 57.8 Å². The van der Waals surface area contributed by atoms with Gasteiger partial charge in [-0.15, -0.1) is 0 Å². The Kier molecular flexibility index (Phi) is 4.91. The van der Waals surface area contributed by atoms with Crippen LogP contribution in [0.2, 0.25) is 0 Å². The first-order valence-corrected chi connectivity index (χ1v) is 16.7. The summed E-state index contributed by atoms with van der Waals surface area (Å²) in [4.78, 5) is 11.6. The molecule has 47 heavy (non-hydrogen) atoms. The summed E-state index contributed by atoms with van der Waals surface area (Å²) < 4.78 is 2.52. The summed E-state index contributed by atoms with van der Waals surface area (Å²) in [5.74, 6) is 0. The van der Waals surface area contributed by atoms with Gasteiger partial charge in [0, 0.05) is 45.1 Å². The Bertz CT molecular complexity index is 2430. The van der Waals surface area contributed by atoms with Crippen molar-refractivity contribution >= 4 is 38.9 Å². The first-order chi connectivity index (χ1) is 22.6. The molecular weight excluding hydrogens is 573 g/mol. The molecule has 0 N–H and O–H groups in total. The summed E-state index contributed by atoms with van der Waals surface area (Å²) in [5, 5.41) is 2.59. The number of rotatable bonds is 1. The number of aromatic nitrogens is 3. The van der Waals surface area contributed by atoms with E-state index in [0.717, 1.165) is 11.4 Å². The topological polar surface area (TPSA) is 34.0 Å². The van der Waals surface area contributed by atoms with E-state index >= 15 is 0 Å². The Morgan fingerprint density at radius 2 is 1.09 bits per heavy atom. The highest BCUT2D eigenvalue weighted by atomic mass is 15.2. The standard InChI is InChI=1S/C43H36N4/c1-41(2)30-13-9-7-11-26(30)28-22-37-29(21-33(28)41)27-12-8-10-14-36(27)46(37)25-19-34-40-35(20-25)43(5,6)32-16-18-45-24-39(32)47(40)38-23-44-17-15-31(38)42(34,3)4/h7-24H,1-6H3. The van der Waals surface area contributed by atoms with Crippen LogP contribution in [-0.2, 0) is 16.2 Å².